The molecule has 0 aliphatic rings. The second-order valence-electron chi connectivity index (χ2n) is 4.31. The summed E-state index contributed by atoms with van der Waals surface area (Å²) in [6.07, 6.45) is 2.61. The monoisotopic (exact) mass is 309 g/mol. The average Bonchev–Trinajstić information content (AvgIpc) is 2.75. The molecule has 1 aromatic heterocycles. The van der Waals surface area contributed by atoms with Crippen LogP contribution in [0.4, 0.5) is 0 Å². The molecule has 5 nitrogen and oxygen atoms in total. The van der Waals surface area contributed by atoms with Crippen LogP contribution < -0.4 is 11.3 Å². The maximum atomic E-state index is 5.66. The van der Waals surface area contributed by atoms with Gasteiger partial charge in [-0.15, -0.1) is 5.10 Å². The van der Waals surface area contributed by atoms with Crippen LogP contribution in [0.5, 0.6) is 0 Å². The van der Waals surface area contributed by atoms with Crippen molar-refractivity contribution in [2.45, 2.75) is 19.4 Å². The van der Waals surface area contributed by atoms with E-state index in [0.717, 1.165) is 15.7 Å². The molecule has 0 radical (unpaired) electrons. The van der Waals surface area contributed by atoms with Gasteiger partial charge in [-0.3, -0.25) is 16.0 Å². The zero-order chi connectivity index (χ0) is 13.1. The molecule has 2 aromatic rings. The number of hydrazine groups is 1. The lowest BCUT2D eigenvalue weighted by atomic mass is 9.98. The SMILES string of the molecule is Cc1ccc(Br)cc1C(Cc1cn(C)nn1)NN. The summed E-state index contributed by atoms with van der Waals surface area (Å²) < 4.78 is 2.74. The molecule has 0 bridgehead atoms. The Kier molecular flexibility index (Phi) is 4.11. The summed E-state index contributed by atoms with van der Waals surface area (Å²) in [6, 6.07) is 6.20. The minimum atomic E-state index is 0.0270. The fourth-order valence-corrected chi connectivity index (χ4v) is 2.32. The van der Waals surface area contributed by atoms with E-state index >= 15 is 0 Å². The topological polar surface area (TPSA) is 68.8 Å². The zero-order valence-electron chi connectivity index (χ0n) is 10.4. The van der Waals surface area contributed by atoms with Crippen LogP contribution in [0.15, 0.2) is 28.9 Å². The van der Waals surface area contributed by atoms with Gasteiger partial charge in [0.1, 0.15) is 0 Å². The third-order valence-electron chi connectivity index (χ3n) is 2.88. The molecule has 2 rings (SSSR count). The van der Waals surface area contributed by atoms with Crippen molar-refractivity contribution in [3.05, 3.63) is 45.7 Å². The highest BCUT2D eigenvalue weighted by Crippen LogP contribution is 2.24. The van der Waals surface area contributed by atoms with Gasteiger partial charge in [0.15, 0.2) is 0 Å². The van der Waals surface area contributed by atoms with Crippen LogP contribution in [-0.2, 0) is 13.5 Å². The van der Waals surface area contributed by atoms with E-state index < -0.39 is 0 Å². The van der Waals surface area contributed by atoms with Gasteiger partial charge in [-0.05, 0) is 30.2 Å². The van der Waals surface area contributed by atoms with E-state index in [0.29, 0.717) is 6.42 Å². The predicted molar refractivity (Wildman–Crippen MR) is 73.7 cm³/mol. The Morgan fingerprint density at radius 2 is 2.28 bits per heavy atom. The fraction of sp³-hybridized carbons (Fsp3) is 0.333. The summed E-state index contributed by atoms with van der Waals surface area (Å²) in [5.41, 5.74) is 6.13. The van der Waals surface area contributed by atoms with E-state index in [4.69, 9.17) is 5.84 Å². The Hall–Kier alpha value is -1.24. The first kappa shape index (κ1) is 13.2. The number of nitrogens with one attached hydrogen (secondary N) is 1. The van der Waals surface area contributed by atoms with Crippen molar-refractivity contribution < 1.29 is 0 Å². The number of nitrogens with two attached hydrogens (primary N) is 1. The summed E-state index contributed by atoms with van der Waals surface area (Å²) in [5.74, 6) is 5.66. The van der Waals surface area contributed by atoms with Crippen molar-refractivity contribution in [1.82, 2.24) is 20.4 Å². The normalized spacial score (nSPS) is 12.7. The minimum absolute atomic E-state index is 0.0270. The first-order valence-corrected chi connectivity index (χ1v) is 6.47. The number of rotatable bonds is 4. The highest BCUT2D eigenvalue weighted by Gasteiger charge is 2.15. The van der Waals surface area contributed by atoms with Crippen LogP contribution in [0, 0.1) is 6.92 Å². The maximum absolute atomic E-state index is 5.66. The highest BCUT2D eigenvalue weighted by molar-refractivity contribution is 9.10. The van der Waals surface area contributed by atoms with Gasteiger partial charge in [-0.25, -0.2) is 0 Å². The van der Waals surface area contributed by atoms with E-state index in [-0.39, 0.29) is 6.04 Å². The first-order chi connectivity index (χ1) is 8.60. The van der Waals surface area contributed by atoms with Crippen molar-refractivity contribution in [3.63, 3.8) is 0 Å². The fourth-order valence-electron chi connectivity index (χ4n) is 1.94. The highest BCUT2D eigenvalue weighted by atomic mass is 79.9. The third kappa shape index (κ3) is 2.95. The Labute approximate surface area is 114 Å². The zero-order valence-corrected chi connectivity index (χ0v) is 12.0. The molecule has 96 valence electrons. The van der Waals surface area contributed by atoms with Crippen LogP contribution in [0.2, 0.25) is 0 Å². The Balaban J connectivity index is 2.25. The molecule has 0 amide bonds. The standard InChI is InChI=1S/C12H16BrN5/c1-8-3-4-9(13)5-11(8)12(15-14)6-10-7-18(2)17-16-10/h3-5,7,12,15H,6,14H2,1-2H3. The van der Waals surface area contributed by atoms with Crippen molar-refractivity contribution in [2.75, 3.05) is 0 Å². The van der Waals surface area contributed by atoms with Crippen LogP contribution >= 0.6 is 15.9 Å². The second-order valence-corrected chi connectivity index (χ2v) is 5.22. The summed E-state index contributed by atoms with van der Waals surface area (Å²) in [5, 5.41) is 8.01. The smallest absolute Gasteiger partial charge is 0.0846 e. The number of aryl methyl sites for hydroxylation is 2. The van der Waals surface area contributed by atoms with Gasteiger partial charge in [-0.2, -0.15) is 0 Å². The molecular formula is C12H16BrN5. The van der Waals surface area contributed by atoms with E-state index in [1.165, 1.54) is 5.56 Å². The summed E-state index contributed by atoms with van der Waals surface area (Å²) >= 11 is 3.48. The lowest BCUT2D eigenvalue weighted by Gasteiger charge is -2.17. The van der Waals surface area contributed by atoms with Crippen LogP contribution in [-0.4, -0.2) is 15.0 Å². The summed E-state index contributed by atoms with van der Waals surface area (Å²) in [6.45, 7) is 2.07. The first-order valence-electron chi connectivity index (χ1n) is 5.67. The lowest BCUT2D eigenvalue weighted by Crippen LogP contribution is -2.30. The molecule has 0 fully saturated rings. The van der Waals surface area contributed by atoms with Crippen molar-refractivity contribution in [1.29, 1.82) is 0 Å². The molecule has 3 N–H and O–H groups in total. The van der Waals surface area contributed by atoms with Crippen molar-refractivity contribution in [2.24, 2.45) is 12.9 Å². The second kappa shape index (κ2) is 5.60. The van der Waals surface area contributed by atoms with Gasteiger partial charge >= 0.3 is 0 Å². The summed E-state index contributed by atoms with van der Waals surface area (Å²) in [7, 11) is 1.85. The number of hydrogen-bond acceptors (Lipinski definition) is 4. The molecule has 1 atom stereocenters. The van der Waals surface area contributed by atoms with Gasteiger partial charge in [0.2, 0.25) is 0 Å². The molecule has 0 saturated carbocycles. The molecule has 1 aromatic carbocycles. The average molecular weight is 310 g/mol. The van der Waals surface area contributed by atoms with Crippen molar-refractivity contribution >= 4 is 15.9 Å². The molecule has 1 heterocycles. The molecule has 0 saturated heterocycles. The van der Waals surface area contributed by atoms with E-state index in [9.17, 15) is 0 Å². The lowest BCUT2D eigenvalue weighted by molar-refractivity contribution is 0.542. The quantitative estimate of drug-likeness (QED) is 0.665. The molecule has 0 aliphatic carbocycles. The molecule has 18 heavy (non-hydrogen) atoms. The van der Waals surface area contributed by atoms with E-state index in [2.05, 4.69) is 50.7 Å². The predicted octanol–water partition coefficient (Wildman–Crippen LogP) is 1.63. The Morgan fingerprint density at radius 3 is 2.89 bits per heavy atom. The minimum Gasteiger partial charge on any atom is -0.271 e. The number of hydrogen-bond donors (Lipinski definition) is 2. The number of halogens is 1. The molecule has 6 heteroatoms. The number of nitrogens with zero attached hydrogens (tertiary/aromatic N) is 3. The molecular weight excluding hydrogens is 294 g/mol. The third-order valence-corrected chi connectivity index (χ3v) is 3.37. The maximum Gasteiger partial charge on any atom is 0.0846 e. The number of benzene rings is 1. The largest absolute Gasteiger partial charge is 0.271 e. The van der Waals surface area contributed by atoms with Gasteiger partial charge in [-0.1, -0.05) is 27.2 Å². The summed E-state index contributed by atoms with van der Waals surface area (Å²) in [4.78, 5) is 0. The van der Waals surface area contributed by atoms with Gasteiger partial charge in [0, 0.05) is 24.1 Å². The van der Waals surface area contributed by atoms with Crippen LogP contribution in [0.25, 0.3) is 0 Å². The van der Waals surface area contributed by atoms with Gasteiger partial charge in [0.25, 0.3) is 0 Å². The molecule has 1 unspecified atom stereocenters. The van der Waals surface area contributed by atoms with Gasteiger partial charge < -0.3 is 0 Å². The Bertz CT molecular complexity index is 537. The van der Waals surface area contributed by atoms with E-state index in [1.807, 2.05) is 19.3 Å². The number of aromatic nitrogens is 3. The van der Waals surface area contributed by atoms with E-state index in [1.54, 1.807) is 4.68 Å². The van der Waals surface area contributed by atoms with Crippen molar-refractivity contribution in [3.8, 4) is 0 Å². The van der Waals surface area contributed by atoms with Crippen LogP contribution in [0.1, 0.15) is 22.9 Å². The molecule has 0 spiro atoms. The Morgan fingerprint density at radius 1 is 1.50 bits per heavy atom. The molecule has 0 aliphatic heterocycles. The van der Waals surface area contributed by atoms with Gasteiger partial charge in [0.05, 0.1) is 11.7 Å². The van der Waals surface area contributed by atoms with Crippen LogP contribution in [0.3, 0.4) is 0 Å².